The number of carbonyl (C=O) groups excluding carboxylic acids is 1. The third-order valence-electron chi connectivity index (χ3n) is 7.46. The van der Waals surface area contributed by atoms with Gasteiger partial charge >= 0.3 is 0 Å². The Labute approximate surface area is 209 Å². The van der Waals surface area contributed by atoms with E-state index in [1.807, 2.05) is 24.4 Å². The normalized spacial score (nSPS) is 18.0. The largest absolute Gasteiger partial charge is 0.382 e. The number of imidazole rings is 1. The number of hydrogen-bond donors (Lipinski definition) is 2. The molecule has 6 rings (SSSR count). The minimum absolute atomic E-state index is 0.0379. The Kier molecular flexibility index (Phi) is 5.40. The highest BCUT2D eigenvalue weighted by Crippen LogP contribution is 2.36. The lowest BCUT2D eigenvalue weighted by Crippen LogP contribution is -2.27. The van der Waals surface area contributed by atoms with Gasteiger partial charge in [-0.05, 0) is 50.3 Å². The molecule has 2 aromatic carbocycles. The van der Waals surface area contributed by atoms with Crippen molar-refractivity contribution in [2.45, 2.75) is 38.5 Å². The molecule has 0 aliphatic heterocycles. The number of anilines is 1. The van der Waals surface area contributed by atoms with Gasteiger partial charge in [-0.1, -0.05) is 42.5 Å². The molecule has 4 N–H and O–H groups in total. The summed E-state index contributed by atoms with van der Waals surface area (Å²) in [4.78, 5) is 26.0. The zero-order valence-corrected chi connectivity index (χ0v) is 20.2. The summed E-state index contributed by atoms with van der Waals surface area (Å²) in [6.45, 7) is 2.11. The van der Waals surface area contributed by atoms with Crippen molar-refractivity contribution in [3.8, 4) is 22.5 Å². The third kappa shape index (κ3) is 3.86. The first kappa shape index (κ1) is 22.2. The van der Waals surface area contributed by atoms with E-state index in [4.69, 9.17) is 26.4 Å². The van der Waals surface area contributed by atoms with Crippen LogP contribution in [0.5, 0.6) is 0 Å². The zero-order valence-electron chi connectivity index (χ0n) is 20.2. The first-order valence-electron chi connectivity index (χ1n) is 12.4. The molecule has 0 atom stereocenters. The smallest absolute Gasteiger partial charge is 0.220 e. The summed E-state index contributed by atoms with van der Waals surface area (Å²) in [5.41, 5.74) is 18.6. The lowest BCUT2D eigenvalue weighted by molar-refractivity contribution is -0.122. The number of carbonyl (C=O) groups is 1. The van der Waals surface area contributed by atoms with E-state index in [0.717, 1.165) is 70.4 Å². The molecule has 3 heterocycles. The number of aromatic nitrogens is 4. The Bertz CT molecular complexity index is 1600. The van der Waals surface area contributed by atoms with Crippen LogP contribution in [-0.4, -0.2) is 25.3 Å². The fraction of sp³-hybridized carbons (Fsp3) is 0.241. The first-order chi connectivity index (χ1) is 17.5. The average Bonchev–Trinajstić information content (AvgIpc) is 3.33. The van der Waals surface area contributed by atoms with E-state index in [0.29, 0.717) is 5.82 Å². The second-order valence-electron chi connectivity index (χ2n) is 9.76. The minimum atomic E-state index is -0.201. The molecule has 0 unspecified atom stereocenters. The molecule has 7 nitrogen and oxygen atoms in total. The summed E-state index contributed by atoms with van der Waals surface area (Å²) in [7, 11) is 0. The Morgan fingerprint density at radius 3 is 2.47 bits per heavy atom. The number of primary amides is 1. The fourth-order valence-corrected chi connectivity index (χ4v) is 5.43. The lowest BCUT2D eigenvalue weighted by Gasteiger charge is -2.25. The van der Waals surface area contributed by atoms with E-state index < -0.39 is 0 Å². The van der Waals surface area contributed by atoms with Gasteiger partial charge in [-0.3, -0.25) is 9.20 Å². The van der Waals surface area contributed by atoms with E-state index in [-0.39, 0.29) is 17.7 Å². The second-order valence-corrected chi connectivity index (χ2v) is 9.76. The Morgan fingerprint density at radius 1 is 0.944 bits per heavy atom. The van der Waals surface area contributed by atoms with Crippen molar-refractivity contribution >= 4 is 28.1 Å². The van der Waals surface area contributed by atoms with Crippen LogP contribution in [0.3, 0.4) is 0 Å². The van der Waals surface area contributed by atoms with Crippen LogP contribution in [0, 0.1) is 12.8 Å². The average molecular weight is 477 g/mol. The standard InChI is InChI=1S/C29H28N6O/c1-17-13-23(18-5-3-2-4-6-18)33-24-14-21(11-12-22(17)24)25-16-35-26(27(30)34-25)15-32-29(35)20-9-7-19(8-10-20)28(31)36/h2-6,11-16,19-20H,7-10H2,1H3,(H2,30,34)(H2,31,36). The van der Waals surface area contributed by atoms with Crippen molar-refractivity contribution in [2.75, 3.05) is 5.73 Å². The molecule has 1 aliphatic rings. The summed E-state index contributed by atoms with van der Waals surface area (Å²) in [6, 6.07) is 18.6. The predicted molar refractivity (Wildman–Crippen MR) is 142 cm³/mol. The van der Waals surface area contributed by atoms with Gasteiger partial charge in [0.25, 0.3) is 0 Å². The van der Waals surface area contributed by atoms with Crippen molar-refractivity contribution in [1.29, 1.82) is 0 Å². The van der Waals surface area contributed by atoms with Gasteiger partial charge in [0.1, 0.15) is 17.2 Å². The van der Waals surface area contributed by atoms with E-state index >= 15 is 0 Å². The molecular weight excluding hydrogens is 448 g/mol. The molecule has 3 aromatic heterocycles. The minimum Gasteiger partial charge on any atom is -0.382 e. The van der Waals surface area contributed by atoms with Gasteiger partial charge < -0.3 is 11.5 Å². The maximum atomic E-state index is 11.6. The summed E-state index contributed by atoms with van der Waals surface area (Å²) >= 11 is 0. The summed E-state index contributed by atoms with van der Waals surface area (Å²) in [5, 5.41) is 1.11. The molecule has 0 bridgehead atoms. The van der Waals surface area contributed by atoms with Crippen LogP contribution in [0.2, 0.25) is 0 Å². The van der Waals surface area contributed by atoms with Crippen LogP contribution in [0.25, 0.3) is 38.9 Å². The highest BCUT2D eigenvalue weighted by molar-refractivity contribution is 5.88. The summed E-state index contributed by atoms with van der Waals surface area (Å²) in [6.07, 6.45) is 7.16. The van der Waals surface area contributed by atoms with Gasteiger partial charge in [0, 0.05) is 34.5 Å². The van der Waals surface area contributed by atoms with Gasteiger partial charge in [0.2, 0.25) is 5.91 Å². The Balaban J connectivity index is 1.41. The molecule has 1 amide bonds. The van der Waals surface area contributed by atoms with E-state index in [1.54, 1.807) is 6.20 Å². The molecule has 36 heavy (non-hydrogen) atoms. The van der Waals surface area contributed by atoms with Crippen molar-refractivity contribution in [1.82, 2.24) is 19.4 Å². The summed E-state index contributed by atoms with van der Waals surface area (Å²) < 4.78 is 2.07. The first-order valence-corrected chi connectivity index (χ1v) is 12.4. The van der Waals surface area contributed by atoms with Crippen LogP contribution in [0.4, 0.5) is 5.82 Å². The molecule has 7 heteroatoms. The van der Waals surface area contributed by atoms with Crippen molar-refractivity contribution < 1.29 is 4.79 Å². The van der Waals surface area contributed by atoms with Gasteiger partial charge in [-0.15, -0.1) is 0 Å². The molecule has 0 spiro atoms. The van der Waals surface area contributed by atoms with Gasteiger partial charge in [0.15, 0.2) is 0 Å². The number of nitrogen functional groups attached to an aromatic ring is 1. The number of rotatable bonds is 4. The number of pyridine rings is 1. The number of nitrogens with zero attached hydrogens (tertiary/aromatic N) is 4. The van der Waals surface area contributed by atoms with Crippen LogP contribution >= 0.6 is 0 Å². The van der Waals surface area contributed by atoms with Crippen LogP contribution in [0.1, 0.15) is 43.0 Å². The SMILES string of the molecule is Cc1cc(-c2ccccc2)nc2cc(-c3cn4c(C5CCC(C(N)=O)CC5)ncc4c(N)n3)ccc12. The number of nitrogens with two attached hydrogens (primary N) is 2. The molecule has 5 aromatic rings. The van der Waals surface area contributed by atoms with Gasteiger partial charge in [-0.25, -0.2) is 15.0 Å². The topological polar surface area (TPSA) is 112 Å². The molecule has 0 radical (unpaired) electrons. The maximum absolute atomic E-state index is 11.6. The van der Waals surface area contributed by atoms with E-state index in [9.17, 15) is 4.79 Å². The number of amides is 1. The zero-order chi connectivity index (χ0) is 24.8. The highest BCUT2D eigenvalue weighted by Gasteiger charge is 2.28. The molecule has 0 saturated heterocycles. The second kappa shape index (κ2) is 8.75. The molecule has 1 saturated carbocycles. The molecule has 1 fully saturated rings. The van der Waals surface area contributed by atoms with Crippen LogP contribution in [-0.2, 0) is 4.79 Å². The third-order valence-corrected chi connectivity index (χ3v) is 7.46. The number of hydrogen-bond acceptors (Lipinski definition) is 5. The van der Waals surface area contributed by atoms with Crippen molar-refractivity contribution in [3.05, 3.63) is 78.4 Å². The quantitative estimate of drug-likeness (QED) is 0.367. The Morgan fingerprint density at radius 2 is 1.72 bits per heavy atom. The van der Waals surface area contributed by atoms with Crippen molar-refractivity contribution in [3.63, 3.8) is 0 Å². The van der Waals surface area contributed by atoms with Gasteiger partial charge in [-0.2, -0.15) is 0 Å². The fourth-order valence-electron chi connectivity index (χ4n) is 5.43. The highest BCUT2D eigenvalue weighted by atomic mass is 16.1. The Hall–Kier alpha value is -4.26. The summed E-state index contributed by atoms with van der Waals surface area (Å²) in [5.74, 6) is 1.42. The predicted octanol–water partition coefficient (Wildman–Crippen LogP) is 5.26. The van der Waals surface area contributed by atoms with Crippen LogP contribution < -0.4 is 11.5 Å². The molecular formula is C29H28N6O. The molecule has 180 valence electrons. The number of aryl methyl sites for hydroxylation is 1. The van der Waals surface area contributed by atoms with Crippen molar-refractivity contribution in [2.24, 2.45) is 11.7 Å². The number of benzene rings is 2. The monoisotopic (exact) mass is 476 g/mol. The van der Waals surface area contributed by atoms with E-state index in [2.05, 4.69) is 47.7 Å². The maximum Gasteiger partial charge on any atom is 0.220 e. The molecule has 1 aliphatic carbocycles. The lowest BCUT2D eigenvalue weighted by atomic mass is 9.81. The van der Waals surface area contributed by atoms with Gasteiger partial charge in [0.05, 0.1) is 23.1 Å². The van der Waals surface area contributed by atoms with E-state index in [1.165, 1.54) is 5.56 Å². The number of fused-ring (bicyclic) bond motifs is 2. The van der Waals surface area contributed by atoms with Crippen LogP contribution in [0.15, 0.2) is 67.0 Å².